The molecule has 3 heteroatoms. The van der Waals surface area contributed by atoms with Gasteiger partial charge in [0.05, 0.1) is 5.69 Å². The Hall–Kier alpha value is -0.830. The van der Waals surface area contributed by atoms with Gasteiger partial charge in [-0.25, -0.2) is 0 Å². The summed E-state index contributed by atoms with van der Waals surface area (Å²) in [6.07, 6.45) is 4.21. The van der Waals surface area contributed by atoms with E-state index in [-0.39, 0.29) is 0 Å². The van der Waals surface area contributed by atoms with Crippen molar-refractivity contribution in [1.29, 1.82) is 0 Å². The third-order valence-electron chi connectivity index (χ3n) is 2.86. The molecule has 0 saturated carbocycles. The molecule has 1 heterocycles. The first-order chi connectivity index (χ1) is 7.98. The van der Waals surface area contributed by atoms with Gasteiger partial charge >= 0.3 is 0 Å². The molecule has 0 spiro atoms. The molecule has 1 atom stereocenters. The van der Waals surface area contributed by atoms with E-state index < -0.39 is 0 Å². The van der Waals surface area contributed by atoms with Gasteiger partial charge in [0, 0.05) is 18.8 Å². The van der Waals surface area contributed by atoms with Gasteiger partial charge in [0.2, 0.25) is 0 Å². The monoisotopic (exact) mass is 237 g/mol. The van der Waals surface area contributed by atoms with E-state index in [0.717, 1.165) is 19.5 Å². The van der Waals surface area contributed by atoms with Crippen molar-refractivity contribution >= 4 is 0 Å². The first kappa shape index (κ1) is 14.2. The topological polar surface area (TPSA) is 29.9 Å². The number of hydrogen-bond acceptors (Lipinski definition) is 2. The molecule has 3 nitrogen and oxygen atoms in total. The minimum atomic E-state index is 0.328. The molecular weight excluding hydrogens is 210 g/mol. The van der Waals surface area contributed by atoms with Crippen LogP contribution in [-0.2, 0) is 6.54 Å². The number of nitrogens with zero attached hydrogens (tertiary/aromatic N) is 2. The molecule has 0 aliphatic rings. The van der Waals surface area contributed by atoms with E-state index in [4.69, 9.17) is 0 Å². The molecule has 1 unspecified atom stereocenters. The average molecular weight is 237 g/mol. The van der Waals surface area contributed by atoms with Crippen LogP contribution in [0.4, 0.5) is 0 Å². The van der Waals surface area contributed by atoms with Gasteiger partial charge in [-0.05, 0) is 37.8 Å². The van der Waals surface area contributed by atoms with Gasteiger partial charge in [0.15, 0.2) is 0 Å². The summed E-state index contributed by atoms with van der Waals surface area (Å²) in [5.41, 5.74) is 1.64. The Morgan fingerprint density at radius 1 is 1.35 bits per heavy atom. The normalized spacial score (nSPS) is 13.9. The quantitative estimate of drug-likeness (QED) is 0.822. The Bertz CT molecular complexity index is 322. The first-order valence-electron chi connectivity index (χ1n) is 6.73. The summed E-state index contributed by atoms with van der Waals surface area (Å²) in [5.74, 6) is 0. The summed E-state index contributed by atoms with van der Waals surface area (Å²) >= 11 is 0. The molecule has 0 saturated heterocycles. The molecule has 0 aromatic carbocycles. The van der Waals surface area contributed by atoms with Crippen LogP contribution in [0.5, 0.6) is 0 Å². The molecule has 17 heavy (non-hydrogen) atoms. The third kappa shape index (κ3) is 4.50. The van der Waals surface area contributed by atoms with E-state index in [1.807, 2.05) is 6.20 Å². The van der Waals surface area contributed by atoms with Crippen molar-refractivity contribution in [3.05, 3.63) is 18.0 Å². The van der Waals surface area contributed by atoms with Crippen LogP contribution >= 0.6 is 0 Å². The zero-order chi connectivity index (χ0) is 12.9. The van der Waals surface area contributed by atoms with Crippen molar-refractivity contribution in [3.8, 4) is 0 Å². The maximum absolute atomic E-state index is 4.37. The minimum absolute atomic E-state index is 0.328. The Balaban J connectivity index is 2.82. The Morgan fingerprint density at radius 2 is 2.06 bits per heavy atom. The molecule has 0 amide bonds. The summed E-state index contributed by atoms with van der Waals surface area (Å²) in [5, 5.41) is 8.01. The van der Waals surface area contributed by atoms with E-state index in [9.17, 15) is 0 Å². The molecule has 0 radical (unpaired) electrons. The van der Waals surface area contributed by atoms with Gasteiger partial charge in [0.1, 0.15) is 0 Å². The van der Waals surface area contributed by atoms with Crippen molar-refractivity contribution in [2.75, 3.05) is 6.54 Å². The van der Waals surface area contributed by atoms with Crippen LogP contribution in [0.25, 0.3) is 0 Å². The maximum Gasteiger partial charge on any atom is 0.0553 e. The largest absolute Gasteiger partial charge is 0.309 e. The number of rotatable bonds is 6. The van der Waals surface area contributed by atoms with Gasteiger partial charge in [-0.3, -0.25) is 4.68 Å². The lowest BCUT2D eigenvalue weighted by atomic mass is 9.87. The van der Waals surface area contributed by atoms with Crippen LogP contribution < -0.4 is 5.32 Å². The second-order valence-corrected chi connectivity index (χ2v) is 5.84. The second-order valence-electron chi connectivity index (χ2n) is 5.84. The van der Waals surface area contributed by atoms with E-state index in [1.165, 1.54) is 12.1 Å². The fourth-order valence-electron chi connectivity index (χ4n) is 2.12. The van der Waals surface area contributed by atoms with Crippen molar-refractivity contribution < 1.29 is 0 Å². The highest BCUT2D eigenvalue weighted by Crippen LogP contribution is 2.29. The summed E-state index contributed by atoms with van der Waals surface area (Å²) in [7, 11) is 0. The van der Waals surface area contributed by atoms with E-state index in [1.54, 1.807) is 0 Å². The molecule has 1 aromatic rings. The second kappa shape index (κ2) is 6.20. The highest BCUT2D eigenvalue weighted by molar-refractivity contribution is 5.07. The van der Waals surface area contributed by atoms with Gasteiger partial charge in [-0.1, -0.05) is 27.7 Å². The third-order valence-corrected chi connectivity index (χ3v) is 2.86. The zero-order valence-corrected chi connectivity index (χ0v) is 12.0. The summed E-state index contributed by atoms with van der Waals surface area (Å²) in [6, 6.07) is 2.56. The summed E-state index contributed by atoms with van der Waals surface area (Å²) in [6.45, 7) is 13.2. The van der Waals surface area contributed by atoms with Crippen LogP contribution in [0.3, 0.4) is 0 Å². The van der Waals surface area contributed by atoms with Crippen LogP contribution in [0.15, 0.2) is 12.3 Å². The Morgan fingerprint density at radius 3 is 2.59 bits per heavy atom. The fraction of sp³-hybridized carbons (Fsp3) is 0.786. The predicted octanol–water partition coefficient (Wildman–Crippen LogP) is 3.38. The lowest BCUT2D eigenvalue weighted by Crippen LogP contribution is -2.28. The van der Waals surface area contributed by atoms with E-state index in [2.05, 4.69) is 55.8 Å². The van der Waals surface area contributed by atoms with Crippen LogP contribution in [0, 0.1) is 5.41 Å². The Labute approximate surface area is 106 Å². The van der Waals surface area contributed by atoms with Gasteiger partial charge in [-0.15, -0.1) is 0 Å². The van der Waals surface area contributed by atoms with Crippen LogP contribution in [0.1, 0.15) is 59.2 Å². The molecule has 0 bridgehead atoms. The average Bonchev–Trinajstić information content (AvgIpc) is 2.70. The molecular formula is C14H27N3. The van der Waals surface area contributed by atoms with Crippen molar-refractivity contribution in [1.82, 2.24) is 15.1 Å². The highest BCUT2D eigenvalue weighted by atomic mass is 15.3. The number of aromatic nitrogens is 2. The molecule has 0 fully saturated rings. The van der Waals surface area contributed by atoms with E-state index >= 15 is 0 Å². The van der Waals surface area contributed by atoms with Gasteiger partial charge < -0.3 is 5.32 Å². The lowest BCUT2D eigenvalue weighted by molar-refractivity contribution is 0.301. The smallest absolute Gasteiger partial charge is 0.0553 e. The number of aryl methyl sites for hydroxylation is 1. The Kier molecular flexibility index (Phi) is 5.19. The number of nitrogens with one attached hydrogen (secondary N) is 1. The first-order valence-corrected chi connectivity index (χ1v) is 6.73. The molecule has 98 valence electrons. The highest BCUT2D eigenvalue weighted by Gasteiger charge is 2.22. The van der Waals surface area contributed by atoms with Crippen LogP contribution in [-0.4, -0.2) is 16.3 Å². The molecule has 0 aliphatic carbocycles. The molecule has 1 rings (SSSR count). The maximum atomic E-state index is 4.37. The van der Waals surface area contributed by atoms with Crippen molar-refractivity contribution in [2.24, 2.45) is 5.41 Å². The molecule has 1 N–H and O–H groups in total. The molecule has 1 aromatic heterocycles. The predicted molar refractivity (Wildman–Crippen MR) is 73.0 cm³/mol. The van der Waals surface area contributed by atoms with Crippen molar-refractivity contribution in [3.63, 3.8) is 0 Å². The number of hydrogen-bond donors (Lipinski definition) is 1. The SMILES string of the molecule is CCCNC(CC(C)(C)C)c1ccnn1CC. The van der Waals surface area contributed by atoms with Gasteiger partial charge in [-0.2, -0.15) is 5.10 Å². The van der Waals surface area contributed by atoms with Crippen LogP contribution in [0.2, 0.25) is 0 Å². The zero-order valence-electron chi connectivity index (χ0n) is 12.0. The molecule has 0 aliphatic heterocycles. The van der Waals surface area contributed by atoms with Crippen molar-refractivity contribution in [2.45, 2.75) is 60.0 Å². The lowest BCUT2D eigenvalue weighted by Gasteiger charge is -2.27. The minimum Gasteiger partial charge on any atom is -0.309 e. The van der Waals surface area contributed by atoms with E-state index in [0.29, 0.717) is 11.5 Å². The summed E-state index contributed by atoms with van der Waals surface area (Å²) < 4.78 is 2.10. The standard InChI is InChI=1S/C14H27N3/c1-6-9-15-12(11-14(3,4)5)13-8-10-16-17(13)7-2/h8,10,12,15H,6-7,9,11H2,1-5H3. The summed E-state index contributed by atoms with van der Waals surface area (Å²) in [4.78, 5) is 0. The van der Waals surface area contributed by atoms with Gasteiger partial charge in [0.25, 0.3) is 0 Å². The fourth-order valence-corrected chi connectivity index (χ4v) is 2.12.